The van der Waals surface area contributed by atoms with Crippen molar-refractivity contribution in [3.05, 3.63) is 0 Å². The number of hydrogen-bond acceptors (Lipinski definition) is 4. The second kappa shape index (κ2) is 4.74. The number of methoxy groups -OCH3 is 1. The van der Waals surface area contributed by atoms with Gasteiger partial charge in [0.05, 0.1) is 12.7 Å². The number of phosphoric ester groups is 1. The summed E-state index contributed by atoms with van der Waals surface area (Å²) < 4.78 is 25.3. The lowest BCUT2D eigenvalue weighted by atomic mass is 9.96. The SMILES string of the molecule is B[C@H]1CC(OC)[C@@H](COP(=O)(O)O)O1. The number of rotatable bonds is 4. The summed E-state index contributed by atoms with van der Waals surface area (Å²) in [5, 5.41) is 0. The molecule has 2 N–H and O–H groups in total. The molecule has 1 unspecified atom stereocenters. The van der Waals surface area contributed by atoms with Crippen LogP contribution < -0.4 is 0 Å². The summed E-state index contributed by atoms with van der Waals surface area (Å²) in [7, 11) is -0.994. The van der Waals surface area contributed by atoms with Gasteiger partial charge in [0.15, 0.2) is 0 Å². The molecule has 1 saturated heterocycles. The molecule has 1 heterocycles. The first kappa shape index (κ1) is 12.2. The fourth-order valence-electron chi connectivity index (χ4n) is 1.49. The van der Waals surface area contributed by atoms with Gasteiger partial charge in [-0.1, -0.05) is 0 Å². The molecule has 1 fully saturated rings. The summed E-state index contributed by atoms with van der Waals surface area (Å²) in [5.41, 5.74) is 0. The van der Waals surface area contributed by atoms with Gasteiger partial charge in [-0.05, 0) is 6.42 Å². The lowest BCUT2D eigenvalue weighted by Crippen LogP contribution is -2.27. The summed E-state index contributed by atoms with van der Waals surface area (Å²) in [6, 6.07) is 0.0327. The second-order valence-corrected chi connectivity index (χ2v) is 4.52. The summed E-state index contributed by atoms with van der Waals surface area (Å²) in [6.07, 6.45) is 0.158. The Bertz CT molecular complexity index is 230. The third-order valence-electron chi connectivity index (χ3n) is 2.10. The van der Waals surface area contributed by atoms with Crippen molar-refractivity contribution in [2.24, 2.45) is 0 Å². The maximum absolute atomic E-state index is 10.4. The van der Waals surface area contributed by atoms with E-state index >= 15 is 0 Å². The van der Waals surface area contributed by atoms with Crippen LogP contribution in [0.4, 0.5) is 0 Å². The van der Waals surface area contributed by atoms with E-state index in [-0.39, 0.29) is 18.7 Å². The van der Waals surface area contributed by atoms with Gasteiger partial charge in [0, 0.05) is 13.1 Å². The molecule has 6 nitrogen and oxygen atoms in total. The number of phosphoric acid groups is 1. The van der Waals surface area contributed by atoms with E-state index in [1.54, 1.807) is 0 Å². The van der Waals surface area contributed by atoms with E-state index in [0.29, 0.717) is 6.42 Å². The van der Waals surface area contributed by atoms with Crippen LogP contribution in [0.15, 0.2) is 0 Å². The first-order chi connectivity index (χ1) is 6.42. The topological polar surface area (TPSA) is 85.2 Å². The highest BCUT2D eigenvalue weighted by atomic mass is 31.2. The first-order valence-corrected chi connectivity index (χ1v) is 5.83. The Labute approximate surface area is 83.2 Å². The van der Waals surface area contributed by atoms with E-state index < -0.39 is 13.9 Å². The molecule has 0 amide bonds. The zero-order chi connectivity index (χ0) is 10.8. The fraction of sp³-hybridized carbons (Fsp3) is 1.00. The molecule has 0 spiro atoms. The molecule has 82 valence electrons. The Balaban J connectivity index is 2.40. The highest BCUT2D eigenvalue weighted by Gasteiger charge is 2.34. The average molecular weight is 224 g/mol. The quantitative estimate of drug-likeness (QED) is 0.463. The summed E-state index contributed by atoms with van der Waals surface area (Å²) in [5.74, 6) is 0. The maximum atomic E-state index is 10.4. The van der Waals surface area contributed by atoms with Crippen molar-refractivity contribution in [2.75, 3.05) is 13.7 Å². The Morgan fingerprint density at radius 3 is 2.79 bits per heavy atom. The van der Waals surface area contributed by atoms with Crippen LogP contribution in [-0.2, 0) is 18.6 Å². The number of ether oxygens (including phenoxy) is 2. The van der Waals surface area contributed by atoms with Crippen molar-refractivity contribution in [1.82, 2.24) is 0 Å². The molecule has 14 heavy (non-hydrogen) atoms. The molecule has 8 heteroatoms. The highest BCUT2D eigenvalue weighted by Crippen LogP contribution is 2.37. The minimum Gasteiger partial charge on any atom is -0.379 e. The molecule has 0 aromatic heterocycles. The van der Waals surface area contributed by atoms with Crippen LogP contribution in [0.2, 0.25) is 0 Å². The average Bonchev–Trinajstić information content (AvgIpc) is 2.41. The van der Waals surface area contributed by atoms with E-state index in [9.17, 15) is 4.57 Å². The van der Waals surface area contributed by atoms with Crippen LogP contribution in [0.5, 0.6) is 0 Å². The third kappa shape index (κ3) is 3.69. The smallest absolute Gasteiger partial charge is 0.379 e. The van der Waals surface area contributed by atoms with Crippen LogP contribution in [-0.4, -0.2) is 49.6 Å². The zero-order valence-corrected chi connectivity index (χ0v) is 9.02. The molecule has 0 saturated carbocycles. The van der Waals surface area contributed by atoms with Crippen molar-refractivity contribution in [2.45, 2.75) is 24.6 Å². The Morgan fingerprint density at radius 1 is 1.64 bits per heavy atom. The van der Waals surface area contributed by atoms with Gasteiger partial charge in [-0.25, -0.2) is 4.57 Å². The minimum atomic E-state index is -4.41. The third-order valence-corrected chi connectivity index (χ3v) is 2.58. The summed E-state index contributed by atoms with van der Waals surface area (Å²) in [6.45, 7) is -0.146. The van der Waals surface area contributed by atoms with E-state index in [0.717, 1.165) is 0 Å². The Kier molecular flexibility index (Phi) is 4.12. The highest BCUT2D eigenvalue weighted by molar-refractivity contribution is 7.46. The van der Waals surface area contributed by atoms with Crippen molar-refractivity contribution < 1.29 is 28.3 Å². The minimum absolute atomic E-state index is 0.0327. The molecule has 1 aliphatic heterocycles. The molecule has 0 aromatic carbocycles. The summed E-state index contributed by atoms with van der Waals surface area (Å²) in [4.78, 5) is 17.0. The lowest BCUT2D eigenvalue weighted by molar-refractivity contribution is -0.0201. The van der Waals surface area contributed by atoms with Crippen LogP contribution in [0.3, 0.4) is 0 Å². The normalized spacial score (nSPS) is 33.5. The van der Waals surface area contributed by atoms with Crippen molar-refractivity contribution in [1.29, 1.82) is 0 Å². The van der Waals surface area contributed by atoms with Gasteiger partial charge in [-0.3, -0.25) is 4.52 Å². The molecule has 0 radical (unpaired) electrons. The molecular weight excluding hydrogens is 210 g/mol. The van der Waals surface area contributed by atoms with Crippen LogP contribution >= 0.6 is 7.82 Å². The standard InChI is InChI=1S/C6H14BO6P/c1-11-4-2-6(7)13-5(4)3-12-14(8,9)10/h4-6H,2-3,7H2,1H3,(H2,8,9,10)/t4?,5-,6-/m1/s1. The van der Waals surface area contributed by atoms with E-state index in [1.165, 1.54) is 7.11 Å². The monoisotopic (exact) mass is 224 g/mol. The van der Waals surface area contributed by atoms with Crippen molar-refractivity contribution in [3.63, 3.8) is 0 Å². The Hall–Kier alpha value is 0.0949. The van der Waals surface area contributed by atoms with E-state index in [1.807, 2.05) is 7.85 Å². The van der Waals surface area contributed by atoms with E-state index in [4.69, 9.17) is 19.3 Å². The predicted molar refractivity (Wildman–Crippen MR) is 50.6 cm³/mol. The predicted octanol–water partition coefficient (Wildman–Crippen LogP) is -1.14. The van der Waals surface area contributed by atoms with Crippen molar-refractivity contribution in [3.8, 4) is 0 Å². The zero-order valence-electron chi connectivity index (χ0n) is 8.12. The van der Waals surface area contributed by atoms with Crippen LogP contribution in [0.25, 0.3) is 0 Å². The van der Waals surface area contributed by atoms with Gasteiger partial charge in [0.2, 0.25) is 0 Å². The molecule has 0 bridgehead atoms. The van der Waals surface area contributed by atoms with Crippen LogP contribution in [0, 0.1) is 0 Å². The van der Waals surface area contributed by atoms with Gasteiger partial charge in [-0.2, -0.15) is 0 Å². The largest absolute Gasteiger partial charge is 0.469 e. The lowest BCUT2D eigenvalue weighted by Gasteiger charge is -2.17. The fourth-order valence-corrected chi connectivity index (χ4v) is 1.83. The molecular formula is C6H14BO6P. The molecule has 1 aliphatic rings. The van der Waals surface area contributed by atoms with Gasteiger partial charge >= 0.3 is 7.82 Å². The number of hydrogen-bond donors (Lipinski definition) is 2. The van der Waals surface area contributed by atoms with Gasteiger partial charge < -0.3 is 19.3 Å². The molecule has 3 atom stereocenters. The molecule has 0 aliphatic carbocycles. The summed E-state index contributed by atoms with van der Waals surface area (Å²) >= 11 is 0. The van der Waals surface area contributed by atoms with Gasteiger partial charge in [0.25, 0.3) is 0 Å². The molecule has 0 aromatic rings. The van der Waals surface area contributed by atoms with Crippen LogP contribution in [0.1, 0.15) is 6.42 Å². The van der Waals surface area contributed by atoms with Gasteiger partial charge in [0.1, 0.15) is 14.0 Å². The van der Waals surface area contributed by atoms with E-state index in [2.05, 4.69) is 4.52 Å². The van der Waals surface area contributed by atoms with Crippen molar-refractivity contribution >= 4 is 15.7 Å². The Morgan fingerprint density at radius 2 is 2.29 bits per heavy atom. The maximum Gasteiger partial charge on any atom is 0.469 e. The second-order valence-electron chi connectivity index (χ2n) is 3.28. The first-order valence-electron chi connectivity index (χ1n) is 4.30. The molecule has 1 rings (SSSR count). The van der Waals surface area contributed by atoms with Gasteiger partial charge in [-0.15, -0.1) is 0 Å².